The van der Waals surface area contributed by atoms with E-state index in [2.05, 4.69) is 15.3 Å². The average molecular weight is 453 g/mol. The van der Waals surface area contributed by atoms with Crippen molar-refractivity contribution in [3.05, 3.63) is 72.2 Å². The monoisotopic (exact) mass is 452 g/mol. The van der Waals surface area contributed by atoms with Crippen LogP contribution in [-0.2, 0) is 10.0 Å². The Morgan fingerprint density at radius 1 is 1.16 bits per heavy atom. The Bertz CT molecular complexity index is 1190. The fraction of sp³-hybridized carbons (Fsp3) is 0.333. The van der Waals surface area contributed by atoms with Gasteiger partial charge in [-0.05, 0) is 50.5 Å². The molecule has 1 aliphatic rings. The number of benzene rings is 2. The SMILES string of the molecule is CC(NC(=O)c1cccc(S(=O)(=O)N2CCCCC2C)c1)c1ncc(-c2ccccc2)[nH]1. The summed E-state index contributed by atoms with van der Waals surface area (Å²) >= 11 is 0. The maximum Gasteiger partial charge on any atom is 0.251 e. The molecule has 168 valence electrons. The van der Waals surface area contributed by atoms with E-state index in [1.807, 2.05) is 44.2 Å². The van der Waals surface area contributed by atoms with Crippen LogP contribution in [-0.4, -0.2) is 41.2 Å². The summed E-state index contributed by atoms with van der Waals surface area (Å²) in [4.78, 5) is 20.6. The van der Waals surface area contributed by atoms with Crippen LogP contribution in [0, 0.1) is 0 Å². The minimum Gasteiger partial charge on any atom is -0.342 e. The third kappa shape index (κ3) is 4.61. The summed E-state index contributed by atoms with van der Waals surface area (Å²) < 4.78 is 27.8. The van der Waals surface area contributed by atoms with Crippen molar-refractivity contribution in [1.82, 2.24) is 19.6 Å². The molecular weight excluding hydrogens is 424 g/mol. The number of hydrogen-bond donors (Lipinski definition) is 2. The lowest BCUT2D eigenvalue weighted by atomic mass is 10.1. The lowest BCUT2D eigenvalue weighted by Crippen LogP contribution is -2.42. The number of imidazole rings is 1. The topological polar surface area (TPSA) is 95.2 Å². The first-order chi connectivity index (χ1) is 15.4. The standard InChI is InChI=1S/C24H28N4O3S/c1-17-9-6-7-14-28(17)32(30,31)21-13-8-12-20(15-21)24(29)26-18(2)23-25-16-22(27-23)19-10-4-3-5-11-19/h3-5,8,10-13,15-18H,6-7,9,14H2,1-2H3,(H,25,27)(H,26,29). The second-order valence-corrected chi connectivity index (χ2v) is 10.1. The number of hydrogen-bond acceptors (Lipinski definition) is 4. The van der Waals surface area contributed by atoms with Gasteiger partial charge in [-0.15, -0.1) is 0 Å². The number of piperidine rings is 1. The maximum absolute atomic E-state index is 13.1. The lowest BCUT2D eigenvalue weighted by molar-refractivity contribution is 0.0938. The molecule has 2 aromatic carbocycles. The first kappa shape index (κ1) is 22.2. The summed E-state index contributed by atoms with van der Waals surface area (Å²) in [5.41, 5.74) is 2.18. The van der Waals surface area contributed by atoms with Crippen molar-refractivity contribution in [2.45, 2.75) is 50.1 Å². The first-order valence-corrected chi connectivity index (χ1v) is 12.3. The summed E-state index contributed by atoms with van der Waals surface area (Å²) in [6.07, 6.45) is 4.48. The molecule has 0 radical (unpaired) electrons. The van der Waals surface area contributed by atoms with Gasteiger partial charge in [0, 0.05) is 18.2 Å². The van der Waals surface area contributed by atoms with Crippen LogP contribution in [0.1, 0.15) is 55.3 Å². The smallest absolute Gasteiger partial charge is 0.251 e. The number of nitrogens with zero attached hydrogens (tertiary/aromatic N) is 2. The van der Waals surface area contributed by atoms with E-state index in [4.69, 9.17) is 0 Å². The van der Waals surface area contributed by atoms with Gasteiger partial charge >= 0.3 is 0 Å². The molecule has 0 spiro atoms. The minimum atomic E-state index is -3.64. The molecule has 32 heavy (non-hydrogen) atoms. The van der Waals surface area contributed by atoms with Crippen LogP contribution in [0.15, 0.2) is 65.7 Å². The number of nitrogens with one attached hydrogen (secondary N) is 2. The van der Waals surface area contributed by atoms with E-state index in [1.165, 1.54) is 6.07 Å². The highest BCUT2D eigenvalue weighted by molar-refractivity contribution is 7.89. The van der Waals surface area contributed by atoms with Crippen LogP contribution >= 0.6 is 0 Å². The van der Waals surface area contributed by atoms with Crippen molar-refractivity contribution in [2.24, 2.45) is 0 Å². The van der Waals surface area contributed by atoms with E-state index in [1.54, 1.807) is 28.7 Å². The zero-order valence-electron chi connectivity index (χ0n) is 18.3. The third-order valence-corrected chi connectivity index (χ3v) is 7.89. The van der Waals surface area contributed by atoms with Gasteiger partial charge in [-0.25, -0.2) is 13.4 Å². The molecule has 0 saturated carbocycles. The average Bonchev–Trinajstić information content (AvgIpc) is 3.30. The Morgan fingerprint density at radius 3 is 2.69 bits per heavy atom. The van der Waals surface area contributed by atoms with Crippen molar-refractivity contribution >= 4 is 15.9 Å². The van der Waals surface area contributed by atoms with Crippen LogP contribution in [0.3, 0.4) is 0 Å². The molecule has 1 saturated heterocycles. The van der Waals surface area contributed by atoms with Gasteiger partial charge in [-0.1, -0.05) is 42.8 Å². The van der Waals surface area contributed by atoms with Crippen LogP contribution in [0.2, 0.25) is 0 Å². The van der Waals surface area contributed by atoms with E-state index in [0.717, 1.165) is 30.5 Å². The molecule has 4 rings (SSSR count). The van der Waals surface area contributed by atoms with Crippen LogP contribution < -0.4 is 5.32 Å². The van der Waals surface area contributed by atoms with Crippen LogP contribution in [0.4, 0.5) is 0 Å². The molecule has 1 aromatic heterocycles. The predicted octanol–water partition coefficient (Wildman–Crippen LogP) is 4.13. The fourth-order valence-electron chi connectivity index (χ4n) is 4.03. The zero-order chi connectivity index (χ0) is 22.7. The molecule has 2 heterocycles. The quantitative estimate of drug-likeness (QED) is 0.588. The lowest BCUT2D eigenvalue weighted by Gasteiger charge is -2.32. The van der Waals surface area contributed by atoms with E-state index >= 15 is 0 Å². The molecule has 7 nitrogen and oxygen atoms in total. The van der Waals surface area contributed by atoms with Crippen molar-refractivity contribution < 1.29 is 13.2 Å². The van der Waals surface area contributed by atoms with Gasteiger partial charge in [0.2, 0.25) is 10.0 Å². The highest BCUT2D eigenvalue weighted by Gasteiger charge is 2.31. The summed E-state index contributed by atoms with van der Waals surface area (Å²) in [6.45, 7) is 4.28. The summed E-state index contributed by atoms with van der Waals surface area (Å²) in [7, 11) is -3.64. The summed E-state index contributed by atoms with van der Waals surface area (Å²) in [5.74, 6) is 0.280. The van der Waals surface area contributed by atoms with Gasteiger partial charge in [0.25, 0.3) is 5.91 Å². The number of H-pyrrole nitrogens is 1. The molecule has 1 amide bonds. The number of carbonyl (C=O) groups is 1. The summed E-state index contributed by atoms with van der Waals surface area (Å²) in [5, 5.41) is 2.90. The maximum atomic E-state index is 13.1. The van der Waals surface area contributed by atoms with E-state index in [9.17, 15) is 13.2 Å². The number of rotatable bonds is 6. The molecule has 2 N–H and O–H groups in total. The Labute approximate surface area is 188 Å². The van der Waals surface area contributed by atoms with Gasteiger partial charge in [0.15, 0.2) is 0 Å². The normalized spacial score (nSPS) is 18.2. The molecule has 2 atom stereocenters. The number of carbonyl (C=O) groups excluding carboxylic acids is 1. The van der Waals surface area contributed by atoms with Crippen molar-refractivity contribution in [3.8, 4) is 11.3 Å². The molecular formula is C24H28N4O3S. The molecule has 2 unspecified atom stereocenters. The first-order valence-electron chi connectivity index (χ1n) is 10.9. The van der Waals surface area contributed by atoms with Crippen LogP contribution in [0.25, 0.3) is 11.3 Å². The Morgan fingerprint density at radius 2 is 1.94 bits per heavy atom. The molecule has 8 heteroatoms. The highest BCUT2D eigenvalue weighted by Crippen LogP contribution is 2.26. The second-order valence-electron chi connectivity index (χ2n) is 8.23. The predicted molar refractivity (Wildman–Crippen MR) is 124 cm³/mol. The van der Waals surface area contributed by atoms with Crippen molar-refractivity contribution in [1.29, 1.82) is 0 Å². The molecule has 1 aliphatic heterocycles. The molecule has 0 bridgehead atoms. The molecule has 0 aliphatic carbocycles. The highest BCUT2D eigenvalue weighted by atomic mass is 32.2. The number of amides is 1. The third-order valence-electron chi connectivity index (χ3n) is 5.88. The van der Waals surface area contributed by atoms with E-state index in [-0.39, 0.29) is 22.9 Å². The Kier molecular flexibility index (Phi) is 6.43. The Balaban J connectivity index is 1.49. The molecule has 1 fully saturated rings. The number of sulfonamides is 1. The van der Waals surface area contributed by atoms with Crippen molar-refractivity contribution in [2.75, 3.05) is 6.54 Å². The fourth-order valence-corrected chi connectivity index (χ4v) is 5.78. The number of aromatic amines is 1. The van der Waals surface area contributed by atoms with Gasteiger partial charge in [0.1, 0.15) is 5.82 Å². The zero-order valence-corrected chi connectivity index (χ0v) is 19.1. The largest absolute Gasteiger partial charge is 0.342 e. The van der Waals surface area contributed by atoms with Gasteiger partial charge in [-0.3, -0.25) is 4.79 Å². The summed E-state index contributed by atoms with van der Waals surface area (Å²) in [6, 6.07) is 15.6. The second kappa shape index (κ2) is 9.26. The van der Waals surface area contributed by atoms with Gasteiger partial charge < -0.3 is 10.3 Å². The van der Waals surface area contributed by atoms with Crippen molar-refractivity contribution in [3.63, 3.8) is 0 Å². The molecule has 3 aromatic rings. The van der Waals surface area contributed by atoms with E-state index < -0.39 is 10.0 Å². The Hall–Kier alpha value is -2.97. The number of aromatic nitrogens is 2. The van der Waals surface area contributed by atoms with Gasteiger partial charge in [0.05, 0.1) is 22.8 Å². The van der Waals surface area contributed by atoms with Crippen LogP contribution in [0.5, 0.6) is 0 Å². The minimum absolute atomic E-state index is 0.0379. The van der Waals surface area contributed by atoms with Gasteiger partial charge in [-0.2, -0.15) is 4.31 Å². The van der Waals surface area contributed by atoms with E-state index in [0.29, 0.717) is 17.9 Å².